The van der Waals surface area contributed by atoms with Crippen molar-refractivity contribution < 1.29 is 0 Å². The molecule has 1 aromatic carbocycles. The second kappa shape index (κ2) is 3.30. The number of aromatic nitrogens is 2. The minimum Gasteiger partial charge on any atom is -0.218 e. The predicted octanol–water partition coefficient (Wildman–Crippen LogP) is 4.15. The van der Waals surface area contributed by atoms with Gasteiger partial charge in [0.1, 0.15) is 5.15 Å². The zero-order valence-electron chi connectivity index (χ0n) is 7.37. The monoisotopic (exact) mass is 254 g/mol. The summed E-state index contributed by atoms with van der Waals surface area (Å²) in [6.45, 7) is 0. The second-order valence-electron chi connectivity index (χ2n) is 3.08. The molecule has 2 aromatic heterocycles. The summed E-state index contributed by atoms with van der Waals surface area (Å²) in [6, 6.07) is 5.96. The number of fused-ring (bicyclic) bond motifs is 3. The fourth-order valence-corrected chi connectivity index (χ4v) is 3.06. The number of rotatable bonds is 0. The highest BCUT2D eigenvalue weighted by Crippen LogP contribution is 2.33. The van der Waals surface area contributed by atoms with Crippen molar-refractivity contribution in [3.8, 4) is 0 Å². The van der Waals surface area contributed by atoms with Gasteiger partial charge in [0.05, 0.1) is 10.9 Å². The van der Waals surface area contributed by atoms with Crippen LogP contribution >= 0.6 is 34.5 Å². The van der Waals surface area contributed by atoms with Crippen LogP contribution in [0.5, 0.6) is 0 Å². The first-order chi connectivity index (χ1) is 7.25. The smallest absolute Gasteiger partial charge is 0.218 e. The van der Waals surface area contributed by atoms with Crippen molar-refractivity contribution in [3.05, 3.63) is 34.0 Å². The molecular weight excluding hydrogens is 251 g/mol. The zero-order valence-corrected chi connectivity index (χ0v) is 9.70. The highest BCUT2D eigenvalue weighted by molar-refractivity contribution is 7.18. The Morgan fingerprint density at radius 3 is 2.80 bits per heavy atom. The first-order valence-electron chi connectivity index (χ1n) is 4.24. The van der Waals surface area contributed by atoms with Crippen LogP contribution in [-0.4, -0.2) is 9.97 Å². The average molecular weight is 255 g/mol. The summed E-state index contributed by atoms with van der Waals surface area (Å²) in [7, 11) is 0. The summed E-state index contributed by atoms with van der Waals surface area (Å²) in [4.78, 5) is 8.10. The number of hydrogen-bond donors (Lipinski definition) is 0. The summed E-state index contributed by atoms with van der Waals surface area (Å²) in [6.07, 6.45) is 0. The first kappa shape index (κ1) is 9.33. The van der Waals surface area contributed by atoms with Crippen molar-refractivity contribution in [1.82, 2.24) is 9.97 Å². The van der Waals surface area contributed by atoms with Gasteiger partial charge in [-0.05, 0) is 34.5 Å². The van der Waals surface area contributed by atoms with Crippen LogP contribution in [0.2, 0.25) is 10.4 Å². The van der Waals surface area contributed by atoms with E-state index in [1.54, 1.807) is 11.3 Å². The van der Waals surface area contributed by atoms with E-state index in [9.17, 15) is 0 Å². The number of hydrogen-bond acceptors (Lipinski definition) is 3. The van der Waals surface area contributed by atoms with Gasteiger partial charge >= 0.3 is 0 Å². The van der Waals surface area contributed by atoms with Crippen LogP contribution < -0.4 is 0 Å². The molecule has 5 heteroatoms. The molecule has 3 aromatic rings. The second-order valence-corrected chi connectivity index (χ2v) is 4.69. The van der Waals surface area contributed by atoms with Gasteiger partial charge in [0, 0.05) is 4.70 Å². The van der Waals surface area contributed by atoms with Crippen molar-refractivity contribution in [2.24, 2.45) is 0 Å². The Labute approximate surface area is 99.5 Å². The molecule has 0 bridgehead atoms. The molecular formula is C10H4Cl2N2S. The Balaban J connectivity index is 2.62. The van der Waals surface area contributed by atoms with E-state index in [1.807, 2.05) is 23.6 Å². The largest absolute Gasteiger partial charge is 0.224 e. The van der Waals surface area contributed by atoms with Crippen molar-refractivity contribution in [2.75, 3.05) is 0 Å². The number of nitrogens with zero attached hydrogens (tertiary/aromatic N) is 2. The highest BCUT2D eigenvalue weighted by atomic mass is 35.5. The molecule has 0 unspecified atom stereocenters. The quantitative estimate of drug-likeness (QED) is 0.445. The van der Waals surface area contributed by atoms with E-state index in [0.717, 1.165) is 21.0 Å². The molecule has 0 aliphatic heterocycles. The highest BCUT2D eigenvalue weighted by Gasteiger charge is 2.09. The zero-order chi connectivity index (χ0) is 10.4. The number of halogens is 2. The molecule has 2 heterocycles. The van der Waals surface area contributed by atoms with Gasteiger partial charge in [0.2, 0.25) is 5.28 Å². The minimum atomic E-state index is 0.184. The summed E-state index contributed by atoms with van der Waals surface area (Å²) in [5, 5.41) is 4.66. The summed E-state index contributed by atoms with van der Waals surface area (Å²) >= 11 is 13.4. The lowest BCUT2D eigenvalue weighted by molar-refractivity contribution is 1.23. The van der Waals surface area contributed by atoms with Crippen LogP contribution in [0.25, 0.3) is 21.0 Å². The average Bonchev–Trinajstić information content (AvgIpc) is 2.63. The molecule has 0 spiro atoms. The Bertz CT molecular complexity index is 663. The third-order valence-electron chi connectivity index (χ3n) is 2.21. The van der Waals surface area contributed by atoms with E-state index >= 15 is 0 Å². The van der Waals surface area contributed by atoms with Gasteiger partial charge in [-0.15, -0.1) is 11.3 Å². The van der Waals surface area contributed by atoms with Gasteiger partial charge in [-0.1, -0.05) is 17.7 Å². The predicted molar refractivity (Wildman–Crippen MR) is 64.9 cm³/mol. The van der Waals surface area contributed by atoms with Gasteiger partial charge in [0.15, 0.2) is 0 Å². The fourth-order valence-electron chi connectivity index (χ4n) is 1.58. The van der Waals surface area contributed by atoms with Crippen molar-refractivity contribution in [1.29, 1.82) is 0 Å². The van der Waals surface area contributed by atoms with E-state index in [4.69, 9.17) is 23.2 Å². The van der Waals surface area contributed by atoms with Crippen LogP contribution in [0.15, 0.2) is 23.6 Å². The molecule has 0 fully saturated rings. The Morgan fingerprint density at radius 2 is 1.93 bits per heavy atom. The van der Waals surface area contributed by atoms with Crippen LogP contribution in [-0.2, 0) is 0 Å². The number of thiophene rings is 1. The fraction of sp³-hybridized carbons (Fsp3) is 0. The standard InChI is InChI=1S/C10H4Cl2N2S/c11-9-7-6(13-10(12)14-9)2-1-5-3-4-15-8(5)7/h1-4H. The molecule has 15 heavy (non-hydrogen) atoms. The molecule has 0 radical (unpaired) electrons. The maximum atomic E-state index is 6.07. The normalized spacial score (nSPS) is 11.3. The molecule has 0 amide bonds. The molecule has 0 N–H and O–H groups in total. The van der Waals surface area contributed by atoms with Crippen LogP contribution in [0, 0.1) is 0 Å². The van der Waals surface area contributed by atoms with Crippen molar-refractivity contribution in [3.63, 3.8) is 0 Å². The lowest BCUT2D eigenvalue weighted by Gasteiger charge is -2.01. The third kappa shape index (κ3) is 1.39. The Kier molecular flexibility index (Phi) is 2.06. The van der Waals surface area contributed by atoms with Gasteiger partial charge in [-0.3, -0.25) is 0 Å². The minimum absolute atomic E-state index is 0.184. The van der Waals surface area contributed by atoms with Gasteiger partial charge in [-0.2, -0.15) is 0 Å². The van der Waals surface area contributed by atoms with Crippen molar-refractivity contribution >= 4 is 55.5 Å². The molecule has 0 atom stereocenters. The molecule has 2 nitrogen and oxygen atoms in total. The molecule has 3 rings (SSSR count). The summed E-state index contributed by atoms with van der Waals surface area (Å²) < 4.78 is 1.11. The van der Waals surface area contributed by atoms with E-state index < -0.39 is 0 Å². The summed E-state index contributed by atoms with van der Waals surface area (Å²) in [5.41, 5.74) is 0.787. The maximum Gasteiger partial charge on any atom is 0.224 e. The van der Waals surface area contributed by atoms with E-state index in [0.29, 0.717) is 5.15 Å². The van der Waals surface area contributed by atoms with Gasteiger partial charge < -0.3 is 0 Å². The topological polar surface area (TPSA) is 25.8 Å². The molecule has 74 valence electrons. The van der Waals surface area contributed by atoms with E-state index in [-0.39, 0.29) is 5.28 Å². The van der Waals surface area contributed by atoms with Crippen molar-refractivity contribution in [2.45, 2.75) is 0 Å². The Hall–Kier alpha value is -0.900. The summed E-state index contributed by atoms with van der Waals surface area (Å²) in [5.74, 6) is 0. The lowest BCUT2D eigenvalue weighted by atomic mass is 10.2. The van der Waals surface area contributed by atoms with Crippen LogP contribution in [0.1, 0.15) is 0 Å². The lowest BCUT2D eigenvalue weighted by Crippen LogP contribution is -1.86. The third-order valence-corrected chi connectivity index (χ3v) is 3.60. The van der Waals surface area contributed by atoms with Gasteiger partial charge in [0.25, 0.3) is 0 Å². The maximum absolute atomic E-state index is 6.07. The molecule has 0 aliphatic carbocycles. The first-order valence-corrected chi connectivity index (χ1v) is 5.88. The van der Waals surface area contributed by atoms with Gasteiger partial charge in [-0.25, -0.2) is 9.97 Å². The molecule has 0 saturated heterocycles. The molecule has 0 aliphatic rings. The van der Waals surface area contributed by atoms with Crippen LogP contribution in [0.4, 0.5) is 0 Å². The van der Waals surface area contributed by atoms with E-state index in [1.165, 1.54) is 0 Å². The van der Waals surface area contributed by atoms with E-state index in [2.05, 4.69) is 9.97 Å². The van der Waals surface area contributed by atoms with Crippen LogP contribution in [0.3, 0.4) is 0 Å². The Morgan fingerprint density at radius 1 is 1.07 bits per heavy atom. The number of benzene rings is 1. The molecule has 0 saturated carbocycles. The SMILES string of the molecule is Clc1nc(Cl)c2c(ccc3ccsc32)n1.